The molecule has 0 aliphatic rings. The van der Waals surface area contributed by atoms with Crippen LogP contribution in [0.15, 0.2) is 28.9 Å². The monoisotopic (exact) mass is 210 g/mol. The van der Waals surface area contributed by atoms with E-state index in [-0.39, 0.29) is 10.9 Å². The Morgan fingerprint density at radius 1 is 1.40 bits per heavy atom. The highest BCUT2D eigenvalue weighted by Gasteiger charge is 2.21. The van der Waals surface area contributed by atoms with Crippen molar-refractivity contribution in [1.82, 2.24) is 0 Å². The number of carbonyl (C=O) groups is 1. The number of hydrogen-bond donors (Lipinski definition) is 2. The van der Waals surface area contributed by atoms with Crippen LogP contribution in [0.5, 0.6) is 0 Å². The number of aliphatic hydroxyl groups excluding tert-OH is 1. The zero-order chi connectivity index (χ0) is 11.0. The number of aliphatic hydroxyl groups is 1. The number of fused-ring (bicyclic) bond motifs is 1. The number of aliphatic carboxylic acids is 1. The fourth-order valence-corrected chi connectivity index (χ4v) is 1.37. The fourth-order valence-electron chi connectivity index (χ4n) is 1.37. The quantitative estimate of drug-likeness (QED) is 0.791. The molecule has 2 N–H and O–H groups in total. The van der Waals surface area contributed by atoms with Gasteiger partial charge in [-0.3, -0.25) is 0 Å². The maximum Gasteiger partial charge on any atom is 0.337 e. The van der Waals surface area contributed by atoms with Gasteiger partial charge in [-0.15, -0.1) is 0 Å². The van der Waals surface area contributed by atoms with E-state index in [1.165, 1.54) is 24.5 Å². The molecule has 0 aliphatic heterocycles. The van der Waals surface area contributed by atoms with Gasteiger partial charge in [-0.1, -0.05) is 0 Å². The largest absolute Gasteiger partial charge is 0.479 e. The van der Waals surface area contributed by atoms with Gasteiger partial charge < -0.3 is 14.6 Å². The molecule has 2 rings (SSSR count). The lowest BCUT2D eigenvalue weighted by Crippen LogP contribution is -2.12. The predicted molar refractivity (Wildman–Crippen MR) is 48.8 cm³/mol. The van der Waals surface area contributed by atoms with Crippen molar-refractivity contribution >= 4 is 16.9 Å². The van der Waals surface area contributed by atoms with Crippen molar-refractivity contribution in [2.45, 2.75) is 6.10 Å². The van der Waals surface area contributed by atoms with Crippen LogP contribution in [0, 0.1) is 5.82 Å². The number of halogens is 1. The van der Waals surface area contributed by atoms with Crippen molar-refractivity contribution in [3.8, 4) is 0 Å². The van der Waals surface area contributed by atoms with Crippen LogP contribution in [0.2, 0.25) is 0 Å². The van der Waals surface area contributed by atoms with Crippen LogP contribution < -0.4 is 0 Å². The van der Waals surface area contributed by atoms with Gasteiger partial charge in [0.1, 0.15) is 11.4 Å². The molecule has 0 aliphatic carbocycles. The van der Waals surface area contributed by atoms with Crippen LogP contribution in [0.4, 0.5) is 4.39 Å². The Bertz CT molecular complexity index is 517. The number of carboxylic acids is 1. The summed E-state index contributed by atoms with van der Waals surface area (Å²) >= 11 is 0. The average molecular weight is 210 g/mol. The molecule has 0 saturated carbocycles. The van der Waals surface area contributed by atoms with E-state index in [9.17, 15) is 14.3 Å². The minimum atomic E-state index is -1.86. The molecule has 0 amide bonds. The minimum absolute atomic E-state index is 0.160. The summed E-state index contributed by atoms with van der Waals surface area (Å²) < 4.78 is 18.6. The van der Waals surface area contributed by atoms with Gasteiger partial charge in [0.25, 0.3) is 0 Å². The molecule has 1 aromatic heterocycles. The summed E-state index contributed by atoms with van der Waals surface area (Å²) in [5.41, 5.74) is 0.0465. The SMILES string of the molecule is O=C(O)C(O)c1ccc2occc2c1F. The fraction of sp³-hybridized carbons (Fsp3) is 0.100. The van der Waals surface area contributed by atoms with Gasteiger partial charge >= 0.3 is 5.97 Å². The van der Waals surface area contributed by atoms with Crippen molar-refractivity contribution in [3.05, 3.63) is 35.8 Å². The van der Waals surface area contributed by atoms with Gasteiger partial charge in [0.05, 0.1) is 11.6 Å². The summed E-state index contributed by atoms with van der Waals surface area (Å²) in [6.45, 7) is 0. The van der Waals surface area contributed by atoms with Gasteiger partial charge in [0.15, 0.2) is 6.10 Å². The number of carboxylic acid groups (broad SMARTS) is 1. The van der Waals surface area contributed by atoms with Crippen LogP contribution in [0.25, 0.3) is 11.0 Å². The first-order valence-corrected chi connectivity index (χ1v) is 4.17. The minimum Gasteiger partial charge on any atom is -0.479 e. The third-order valence-corrected chi connectivity index (χ3v) is 2.13. The number of hydrogen-bond acceptors (Lipinski definition) is 3. The van der Waals surface area contributed by atoms with E-state index in [1.807, 2.05) is 0 Å². The van der Waals surface area contributed by atoms with E-state index in [0.29, 0.717) is 5.58 Å². The molecule has 0 radical (unpaired) electrons. The van der Waals surface area contributed by atoms with E-state index < -0.39 is 17.9 Å². The first kappa shape index (κ1) is 9.67. The molecule has 15 heavy (non-hydrogen) atoms. The van der Waals surface area contributed by atoms with Gasteiger partial charge in [0.2, 0.25) is 0 Å². The molecule has 1 heterocycles. The Morgan fingerprint density at radius 3 is 2.80 bits per heavy atom. The molecule has 0 bridgehead atoms. The molecular weight excluding hydrogens is 203 g/mol. The lowest BCUT2D eigenvalue weighted by Gasteiger charge is -2.06. The van der Waals surface area contributed by atoms with E-state index >= 15 is 0 Å². The number of rotatable bonds is 2. The lowest BCUT2D eigenvalue weighted by atomic mass is 10.1. The Hall–Kier alpha value is -1.88. The average Bonchev–Trinajstić information content (AvgIpc) is 2.66. The first-order chi connectivity index (χ1) is 7.11. The van der Waals surface area contributed by atoms with Crippen molar-refractivity contribution in [3.63, 3.8) is 0 Å². The molecule has 2 aromatic rings. The maximum atomic E-state index is 13.6. The van der Waals surface area contributed by atoms with Crippen LogP contribution >= 0.6 is 0 Å². The van der Waals surface area contributed by atoms with Gasteiger partial charge in [-0.05, 0) is 18.2 Å². The molecule has 1 atom stereocenters. The lowest BCUT2D eigenvalue weighted by molar-refractivity contribution is -0.147. The summed E-state index contributed by atoms with van der Waals surface area (Å²) in [5.74, 6) is -2.26. The normalized spacial score (nSPS) is 12.9. The molecule has 0 spiro atoms. The Morgan fingerprint density at radius 2 is 2.13 bits per heavy atom. The zero-order valence-electron chi connectivity index (χ0n) is 7.48. The summed E-state index contributed by atoms with van der Waals surface area (Å²) in [5, 5.41) is 17.9. The molecule has 78 valence electrons. The van der Waals surface area contributed by atoms with Crippen molar-refractivity contribution in [2.75, 3.05) is 0 Å². The molecule has 5 heteroatoms. The third-order valence-electron chi connectivity index (χ3n) is 2.13. The highest BCUT2D eigenvalue weighted by atomic mass is 19.1. The maximum absolute atomic E-state index is 13.6. The summed E-state index contributed by atoms with van der Waals surface area (Å²) in [6, 6.07) is 3.99. The molecule has 0 fully saturated rings. The van der Waals surface area contributed by atoms with Crippen molar-refractivity contribution < 1.29 is 23.8 Å². The second kappa shape index (κ2) is 3.36. The smallest absolute Gasteiger partial charge is 0.337 e. The van der Waals surface area contributed by atoms with Crippen molar-refractivity contribution in [1.29, 1.82) is 0 Å². The highest BCUT2D eigenvalue weighted by molar-refractivity contribution is 5.81. The molecule has 0 saturated heterocycles. The zero-order valence-corrected chi connectivity index (χ0v) is 7.48. The molecule has 4 nitrogen and oxygen atoms in total. The third kappa shape index (κ3) is 1.46. The Labute approximate surface area is 83.6 Å². The van der Waals surface area contributed by atoms with E-state index in [2.05, 4.69) is 0 Å². The number of benzene rings is 1. The standard InChI is InChI=1S/C10H7FO4/c11-8-5-3-4-15-7(5)2-1-6(8)9(12)10(13)14/h1-4,9,12H,(H,13,14). The van der Waals surface area contributed by atoms with E-state index in [0.717, 1.165) is 0 Å². The Kier molecular flexibility index (Phi) is 2.17. The van der Waals surface area contributed by atoms with Crippen LogP contribution in [0.3, 0.4) is 0 Å². The van der Waals surface area contributed by atoms with Crippen LogP contribution in [0.1, 0.15) is 11.7 Å². The topological polar surface area (TPSA) is 70.7 Å². The summed E-state index contributed by atoms with van der Waals surface area (Å²) in [6.07, 6.45) is -0.561. The molecule has 1 aromatic carbocycles. The summed E-state index contributed by atoms with van der Waals surface area (Å²) in [7, 11) is 0. The summed E-state index contributed by atoms with van der Waals surface area (Å²) in [4.78, 5) is 10.5. The van der Waals surface area contributed by atoms with Gasteiger partial charge in [0, 0.05) is 5.56 Å². The van der Waals surface area contributed by atoms with Gasteiger partial charge in [-0.25, -0.2) is 9.18 Å². The first-order valence-electron chi connectivity index (χ1n) is 4.17. The van der Waals surface area contributed by atoms with Crippen molar-refractivity contribution in [2.24, 2.45) is 0 Å². The second-order valence-corrected chi connectivity index (χ2v) is 3.04. The molecular formula is C10H7FO4. The van der Waals surface area contributed by atoms with Crippen LogP contribution in [-0.2, 0) is 4.79 Å². The predicted octanol–water partition coefficient (Wildman–Crippen LogP) is 1.69. The second-order valence-electron chi connectivity index (χ2n) is 3.04. The molecule has 1 unspecified atom stereocenters. The van der Waals surface area contributed by atoms with E-state index in [1.54, 1.807) is 0 Å². The number of furan rings is 1. The Balaban J connectivity index is 2.62. The van der Waals surface area contributed by atoms with Gasteiger partial charge in [-0.2, -0.15) is 0 Å². The van der Waals surface area contributed by atoms with E-state index in [4.69, 9.17) is 9.52 Å². The highest BCUT2D eigenvalue weighted by Crippen LogP contribution is 2.26. The van der Waals surface area contributed by atoms with Crippen LogP contribution in [-0.4, -0.2) is 16.2 Å².